The third kappa shape index (κ3) is 7.72. The topological polar surface area (TPSA) is 45.7 Å². The summed E-state index contributed by atoms with van der Waals surface area (Å²) in [6.45, 7) is 5.25. The van der Waals surface area contributed by atoms with Crippen molar-refractivity contribution in [2.45, 2.75) is 33.0 Å². The molecule has 4 nitrogen and oxygen atoms in total. The van der Waals surface area contributed by atoms with Gasteiger partial charge < -0.3 is 15.4 Å². The van der Waals surface area contributed by atoms with Crippen LogP contribution >= 0.6 is 24.0 Å². The Labute approximate surface area is 165 Å². The van der Waals surface area contributed by atoms with E-state index in [9.17, 15) is 4.39 Å². The normalized spacial score (nSPS) is 11.0. The average molecular weight is 457 g/mol. The lowest BCUT2D eigenvalue weighted by Crippen LogP contribution is -2.36. The minimum atomic E-state index is -0.230. The highest BCUT2D eigenvalue weighted by molar-refractivity contribution is 14.0. The minimum Gasteiger partial charge on any atom is -0.491 e. The van der Waals surface area contributed by atoms with E-state index in [1.807, 2.05) is 38.1 Å². The lowest BCUT2D eigenvalue weighted by Gasteiger charge is -2.13. The van der Waals surface area contributed by atoms with Gasteiger partial charge in [0.1, 0.15) is 11.6 Å². The molecule has 2 rings (SSSR count). The fraction of sp³-hybridized carbons (Fsp3) is 0.316. The molecule has 0 fully saturated rings. The molecule has 0 bridgehead atoms. The molecule has 0 amide bonds. The summed E-state index contributed by atoms with van der Waals surface area (Å²) < 4.78 is 18.5. The summed E-state index contributed by atoms with van der Waals surface area (Å²) in [6, 6.07) is 14.4. The predicted molar refractivity (Wildman–Crippen MR) is 111 cm³/mol. The van der Waals surface area contributed by atoms with Crippen LogP contribution in [0.2, 0.25) is 0 Å². The zero-order valence-corrected chi connectivity index (χ0v) is 17.1. The summed E-state index contributed by atoms with van der Waals surface area (Å²) in [5.74, 6) is 1.33. The van der Waals surface area contributed by atoms with Crippen molar-refractivity contribution < 1.29 is 9.13 Å². The number of hydrogen-bond donors (Lipinski definition) is 2. The lowest BCUT2D eigenvalue weighted by atomic mass is 10.2. The molecular weight excluding hydrogens is 432 g/mol. The highest BCUT2D eigenvalue weighted by Crippen LogP contribution is 2.13. The van der Waals surface area contributed by atoms with Crippen molar-refractivity contribution in [2.24, 2.45) is 4.99 Å². The summed E-state index contributed by atoms with van der Waals surface area (Å²) in [7, 11) is 1.72. The second-order valence-corrected chi connectivity index (χ2v) is 5.72. The van der Waals surface area contributed by atoms with E-state index in [0.29, 0.717) is 19.0 Å². The van der Waals surface area contributed by atoms with Gasteiger partial charge >= 0.3 is 0 Å². The van der Waals surface area contributed by atoms with Crippen LogP contribution in [0.15, 0.2) is 53.5 Å². The van der Waals surface area contributed by atoms with Crippen molar-refractivity contribution in [3.05, 3.63) is 65.5 Å². The maximum atomic E-state index is 12.9. The third-order valence-electron chi connectivity index (χ3n) is 3.35. The van der Waals surface area contributed by atoms with Crippen molar-refractivity contribution in [2.75, 3.05) is 7.05 Å². The first-order valence-electron chi connectivity index (χ1n) is 8.01. The SMILES string of the molecule is CN=C(NCc1ccc(F)cc1)NCc1ccc(OC(C)C)cc1.I. The predicted octanol–water partition coefficient (Wildman–Crippen LogP) is 4.10. The fourth-order valence-electron chi connectivity index (χ4n) is 2.15. The first kappa shape index (κ1) is 21.2. The number of hydrogen-bond acceptors (Lipinski definition) is 2. The summed E-state index contributed by atoms with van der Waals surface area (Å²) in [4.78, 5) is 4.19. The maximum Gasteiger partial charge on any atom is 0.191 e. The number of benzene rings is 2. The van der Waals surface area contributed by atoms with Gasteiger partial charge in [0.25, 0.3) is 0 Å². The van der Waals surface area contributed by atoms with E-state index in [-0.39, 0.29) is 35.9 Å². The van der Waals surface area contributed by atoms with Gasteiger partial charge in [0.15, 0.2) is 5.96 Å². The van der Waals surface area contributed by atoms with Crippen LogP contribution in [0.5, 0.6) is 5.75 Å². The molecule has 2 aromatic rings. The van der Waals surface area contributed by atoms with E-state index in [2.05, 4.69) is 15.6 Å². The Kier molecular flexibility index (Phi) is 9.26. The van der Waals surface area contributed by atoms with E-state index >= 15 is 0 Å². The fourth-order valence-corrected chi connectivity index (χ4v) is 2.15. The molecule has 0 saturated carbocycles. The van der Waals surface area contributed by atoms with Gasteiger partial charge in [0.05, 0.1) is 6.10 Å². The number of guanidine groups is 1. The molecule has 0 aromatic heterocycles. The van der Waals surface area contributed by atoms with Crippen LogP contribution in [0.3, 0.4) is 0 Å². The van der Waals surface area contributed by atoms with Crippen molar-refractivity contribution >= 4 is 29.9 Å². The third-order valence-corrected chi connectivity index (χ3v) is 3.35. The number of nitrogens with one attached hydrogen (secondary N) is 2. The zero-order valence-electron chi connectivity index (χ0n) is 14.8. The maximum absolute atomic E-state index is 12.9. The van der Waals surface area contributed by atoms with Crippen LogP contribution < -0.4 is 15.4 Å². The van der Waals surface area contributed by atoms with Gasteiger partial charge in [0, 0.05) is 20.1 Å². The molecule has 0 heterocycles. The van der Waals surface area contributed by atoms with Gasteiger partial charge in [-0.3, -0.25) is 4.99 Å². The second kappa shape index (κ2) is 10.9. The lowest BCUT2D eigenvalue weighted by molar-refractivity contribution is 0.242. The van der Waals surface area contributed by atoms with Gasteiger partial charge in [0.2, 0.25) is 0 Å². The van der Waals surface area contributed by atoms with Gasteiger partial charge in [-0.15, -0.1) is 24.0 Å². The largest absolute Gasteiger partial charge is 0.491 e. The Bertz CT molecular complexity index is 657. The Morgan fingerprint density at radius 1 is 0.960 bits per heavy atom. The number of aliphatic imine (C=N–C) groups is 1. The molecule has 136 valence electrons. The Balaban J connectivity index is 0.00000312. The van der Waals surface area contributed by atoms with E-state index in [1.165, 1.54) is 12.1 Å². The summed E-state index contributed by atoms with van der Waals surface area (Å²) in [5, 5.41) is 6.46. The first-order chi connectivity index (χ1) is 11.6. The van der Waals surface area contributed by atoms with Crippen molar-refractivity contribution in [1.82, 2.24) is 10.6 Å². The number of rotatable bonds is 6. The summed E-state index contributed by atoms with van der Waals surface area (Å²) >= 11 is 0. The first-order valence-corrected chi connectivity index (χ1v) is 8.01. The van der Waals surface area contributed by atoms with Crippen LogP contribution in [0.4, 0.5) is 4.39 Å². The summed E-state index contributed by atoms with van der Waals surface area (Å²) in [6.07, 6.45) is 0.170. The number of ether oxygens (including phenoxy) is 1. The molecule has 0 aliphatic heterocycles. The van der Waals surface area contributed by atoms with Gasteiger partial charge in [-0.25, -0.2) is 4.39 Å². The van der Waals surface area contributed by atoms with Crippen molar-refractivity contribution in [3.63, 3.8) is 0 Å². The number of nitrogens with zero attached hydrogens (tertiary/aromatic N) is 1. The molecule has 0 saturated heterocycles. The monoisotopic (exact) mass is 457 g/mol. The molecular formula is C19H25FIN3O. The molecule has 2 N–H and O–H groups in total. The van der Waals surface area contributed by atoms with Crippen molar-refractivity contribution in [3.8, 4) is 5.75 Å². The smallest absolute Gasteiger partial charge is 0.191 e. The molecule has 0 atom stereocenters. The molecule has 25 heavy (non-hydrogen) atoms. The van der Waals surface area contributed by atoms with Crippen LogP contribution in [-0.2, 0) is 13.1 Å². The average Bonchev–Trinajstić information content (AvgIpc) is 2.57. The summed E-state index contributed by atoms with van der Waals surface area (Å²) in [5.41, 5.74) is 2.13. The van der Waals surface area contributed by atoms with Gasteiger partial charge in [-0.05, 0) is 49.2 Å². The van der Waals surface area contributed by atoms with E-state index < -0.39 is 0 Å². The van der Waals surface area contributed by atoms with Crippen LogP contribution in [0.1, 0.15) is 25.0 Å². The Morgan fingerprint density at radius 3 is 1.88 bits per heavy atom. The molecule has 6 heteroatoms. The van der Waals surface area contributed by atoms with Crippen LogP contribution in [0.25, 0.3) is 0 Å². The van der Waals surface area contributed by atoms with Gasteiger partial charge in [-0.2, -0.15) is 0 Å². The molecule has 0 unspecified atom stereocenters. The van der Waals surface area contributed by atoms with Crippen molar-refractivity contribution in [1.29, 1.82) is 0 Å². The quantitative estimate of drug-likeness (QED) is 0.390. The minimum absolute atomic E-state index is 0. The number of halogens is 2. The van der Waals surface area contributed by atoms with E-state index in [1.54, 1.807) is 19.2 Å². The Hall–Kier alpha value is -1.83. The van der Waals surface area contributed by atoms with Crippen LogP contribution in [0, 0.1) is 5.82 Å². The highest BCUT2D eigenvalue weighted by atomic mass is 127. The molecule has 0 aliphatic carbocycles. The molecule has 0 aliphatic rings. The molecule has 0 radical (unpaired) electrons. The standard InChI is InChI=1S/C19H24FN3O.HI/c1-14(2)24-18-10-6-16(7-11-18)13-23-19(21-3)22-12-15-4-8-17(20)9-5-15;/h4-11,14H,12-13H2,1-3H3,(H2,21,22,23);1H. The highest BCUT2D eigenvalue weighted by Gasteiger charge is 2.01. The zero-order chi connectivity index (χ0) is 17.4. The Morgan fingerprint density at radius 2 is 1.44 bits per heavy atom. The van der Waals surface area contributed by atoms with Gasteiger partial charge in [-0.1, -0.05) is 24.3 Å². The van der Waals surface area contributed by atoms with E-state index in [4.69, 9.17) is 4.74 Å². The van der Waals surface area contributed by atoms with Crippen LogP contribution in [-0.4, -0.2) is 19.1 Å². The second-order valence-electron chi connectivity index (χ2n) is 5.72. The molecule has 2 aromatic carbocycles. The molecule has 0 spiro atoms. The van der Waals surface area contributed by atoms with E-state index in [0.717, 1.165) is 16.9 Å².